The number of carbonyl (C=O) groups excluding carboxylic acids is 1. The van der Waals surface area contributed by atoms with Crippen molar-refractivity contribution in [2.75, 3.05) is 13.6 Å². The zero-order valence-electron chi connectivity index (χ0n) is 13.5. The third kappa shape index (κ3) is 3.64. The fourth-order valence-corrected chi connectivity index (χ4v) is 3.71. The van der Waals surface area contributed by atoms with Gasteiger partial charge in [0.1, 0.15) is 5.76 Å². The summed E-state index contributed by atoms with van der Waals surface area (Å²) in [5.41, 5.74) is 0.692. The molecule has 1 N–H and O–H groups in total. The molecular formula is C17H22N2O3S. The molecule has 2 aromatic rings. The van der Waals surface area contributed by atoms with Crippen molar-refractivity contribution < 1.29 is 14.3 Å². The highest BCUT2D eigenvalue weighted by Crippen LogP contribution is 2.27. The van der Waals surface area contributed by atoms with Gasteiger partial charge in [0.25, 0.3) is 0 Å². The molecule has 1 saturated carbocycles. The molecule has 2 heterocycles. The van der Waals surface area contributed by atoms with E-state index in [1.807, 2.05) is 24.4 Å². The van der Waals surface area contributed by atoms with Crippen LogP contribution in [0.2, 0.25) is 0 Å². The van der Waals surface area contributed by atoms with Crippen LogP contribution in [0, 0.1) is 12.8 Å². The number of rotatable bonds is 5. The Morgan fingerprint density at radius 1 is 1.52 bits per heavy atom. The number of aryl methyl sites for hydroxylation is 1. The first-order chi connectivity index (χ1) is 11.0. The van der Waals surface area contributed by atoms with Crippen molar-refractivity contribution in [2.45, 2.75) is 38.7 Å². The number of aliphatic hydroxyl groups excluding tert-OH is 1. The molecule has 0 spiro atoms. The second-order valence-corrected chi connectivity index (χ2v) is 7.16. The molecule has 0 aromatic carbocycles. The van der Waals surface area contributed by atoms with E-state index in [1.165, 1.54) is 0 Å². The Balaban J connectivity index is 1.63. The number of amides is 1. The second-order valence-electron chi connectivity index (χ2n) is 6.21. The molecule has 0 aliphatic heterocycles. The molecule has 1 fully saturated rings. The summed E-state index contributed by atoms with van der Waals surface area (Å²) in [6, 6.07) is 3.90. The van der Waals surface area contributed by atoms with E-state index < -0.39 is 0 Å². The third-order valence-electron chi connectivity index (χ3n) is 4.50. The summed E-state index contributed by atoms with van der Waals surface area (Å²) < 4.78 is 5.68. The fourth-order valence-electron chi connectivity index (χ4n) is 3.06. The van der Waals surface area contributed by atoms with Crippen molar-refractivity contribution in [3.05, 3.63) is 29.0 Å². The van der Waals surface area contributed by atoms with Crippen molar-refractivity contribution in [3.8, 4) is 10.8 Å². The average Bonchev–Trinajstić information content (AvgIpc) is 3.23. The molecule has 124 valence electrons. The summed E-state index contributed by atoms with van der Waals surface area (Å²) >= 11 is 1.57. The lowest BCUT2D eigenvalue weighted by Crippen LogP contribution is -2.35. The predicted octanol–water partition coefficient (Wildman–Crippen LogP) is 2.87. The fraction of sp³-hybridized carbons (Fsp3) is 0.529. The normalized spacial score (nSPS) is 20.8. The van der Waals surface area contributed by atoms with Crippen LogP contribution >= 0.6 is 11.3 Å². The molecular weight excluding hydrogens is 312 g/mol. The van der Waals surface area contributed by atoms with Crippen molar-refractivity contribution >= 4 is 17.2 Å². The van der Waals surface area contributed by atoms with Crippen LogP contribution in [-0.4, -0.2) is 40.6 Å². The minimum Gasteiger partial charge on any atom is -0.440 e. The first-order valence-electron chi connectivity index (χ1n) is 7.97. The van der Waals surface area contributed by atoms with E-state index >= 15 is 0 Å². The van der Waals surface area contributed by atoms with E-state index in [9.17, 15) is 9.90 Å². The maximum Gasteiger partial charge on any atom is 0.236 e. The zero-order valence-corrected chi connectivity index (χ0v) is 14.3. The number of thiophene rings is 1. The number of aliphatic hydroxyl groups is 1. The molecule has 5 nitrogen and oxygen atoms in total. The number of hydrogen-bond acceptors (Lipinski definition) is 5. The lowest BCUT2D eigenvalue weighted by atomic mass is 10.1. The smallest absolute Gasteiger partial charge is 0.236 e. The van der Waals surface area contributed by atoms with Gasteiger partial charge in [-0.15, -0.1) is 11.3 Å². The quantitative estimate of drug-likeness (QED) is 0.913. The van der Waals surface area contributed by atoms with Gasteiger partial charge in [-0.05, 0) is 31.2 Å². The molecule has 0 saturated heterocycles. The average molecular weight is 334 g/mol. The van der Waals surface area contributed by atoms with E-state index in [2.05, 4.69) is 4.98 Å². The van der Waals surface area contributed by atoms with Gasteiger partial charge in [0.05, 0.1) is 23.1 Å². The maximum atomic E-state index is 12.4. The van der Waals surface area contributed by atoms with Gasteiger partial charge >= 0.3 is 0 Å². The summed E-state index contributed by atoms with van der Waals surface area (Å²) in [5, 5.41) is 11.9. The molecule has 0 radical (unpaired) electrons. The standard InChI is InChI=1S/C17H22N2O3S/c1-11-13(18-17(22-11)15-7-4-8-23-15)9-16(21)19(2)10-12-5-3-6-14(12)20/h4,7-8,12,14,20H,3,5-6,9-10H2,1-2H3. The highest BCUT2D eigenvalue weighted by molar-refractivity contribution is 7.13. The highest BCUT2D eigenvalue weighted by atomic mass is 32.1. The SMILES string of the molecule is Cc1oc(-c2cccs2)nc1CC(=O)N(C)CC1CCCC1O. The molecule has 0 bridgehead atoms. The molecule has 2 aromatic heterocycles. The Morgan fingerprint density at radius 3 is 3.00 bits per heavy atom. The van der Waals surface area contributed by atoms with Crippen molar-refractivity contribution in [3.63, 3.8) is 0 Å². The van der Waals surface area contributed by atoms with Gasteiger partial charge in [0.15, 0.2) is 0 Å². The van der Waals surface area contributed by atoms with Gasteiger partial charge in [-0.25, -0.2) is 4.98 Å². The monoisotopic (exact) mass is 334 g/mol. The zero-order chi connectivity index (χ0) is 16.4. The van der Waals surface area contributed by atoms with Crippen LogP contribution in [0.4, 0.5) is 0 Å². The van der Waals surface area contributed by atoms with Gasteiger partial charge in [-0.2, -0.15) is 0 Å². The van der Waals surface area contributed by atoms with Gasteiger partial charge in [-0.1, -0.05) is 12.5 Å². The Labute approximate surface area is 140 Å². The van der Waals surface area contributed by atoms with Gasteiger partial charge in [-0.3, -0.25) is 4.79 Å². The van der Waals surface area contributed by atoms with Gasteiger partial charge in [0, 0.05) is 19.5 Å². The van der Waals surface area contributed by atoms with Gasteiger partial charge in [0.2, 0.25) is 11.8 Å². The van der Waals surface area contributed by atoms with E-state index in [1.54, 1.807) is 23.3 Å². The summed E-state index contributed by atoms with van der Waals surface area (Å²) in [6.07, 6.45) is 2.84. The number of aromatic nitrogens is 1. The number of nitrogens with zero attached hydrogens (tertiary/aromatic N) is 2. The predicted molar refractivity (Wildman–Crippen MR) is 89.2 cm³/mol. The van der Waals surface area contributed by atoms with Crippen LogP contribution in [0.25, 0.3) is 10.8 Å². The Morgan fingerprint density at radius 2 is 2.35 bits per heavy atom. The molecule has 2 unspecified atom stereocenters. The summed E-state index contributed by atoms with van der Waals surface area (Å²) in [4.78, 5) is 19.6. The molecule has 1 aliphatic carbocycles. The molecule has 23 heavy (non-hydrogen) atoms. The number of carbonyl (C=O) groups is 1. The van der Waals surface area contributed by atoms with Crippen LogP contribution in [-0.2, 0) is 11.2 Å². The van der Waals surface area contributed by atoms with E-state index in [0.717, 1.165) is 24.1 Å². The molecule has 3 rings (SSSR count). The third-order valence-corrected chi connectivity index (χ3v) is 5.35. The Bertz CT molecular complexity index is 665. The van der Waals surface area contributed by atoms with E-state index in [4.69, 9.17) is 4.42 Å². The molecule has 1 aliphatic rings. The highest BCUT2D eigenvalue weighted by Gasteiger charge is 2.28. The Hall–Kier alpha value is -1.66. The van der Waals surface area contributed by atoms with Crippen molar-refractivity contribution in [1.82, 2.24) is 9.88 Å². The second kappa shape index (κ2) is 6.84. The summed E-state index contributed by atoms with van der Waals surface area (Å²) in [5.74, 6) is 1.48. The summed E-state index contributed by atoms with van der Waals surface area (Å²) in [6.45, 7) is 2.45. The maximum absolute atomic E-state index is 12.4. The number of oxazole rings is 1. The number of hydrogen-bond donors (Lipinski definition) is 1. The van der Waals surface area contributed by atoms with E-state index in [-0.39, 0.29) is 24.3 Å². The minimum absolute atomic E-state index is 0.0122. The largest absolute Gasteiger partial charge is 0.440 e. The molecule has 2 atom stereocenters. The first-order valence-corrected chi connectivity index (χ1v) is 8.84. The van der Waals surface area contributed by atoms with Crippen molar-refractivity contribution in [2.24, 2.45) is 5.92 Å². The molecule has 6 heteroatoms. The van der Waals surface area contributed by atoms with Crippen molar-refractivity contribution in [1.29, 1.82) is 0 Å². The van der Waals surface area contributed by atoms with Crippen LogP contribution in [0.15, 0.2) is 21.9 Å². The first kappa shape index (κ1) is 16.2. The van der Waals surface area contributed by atoms with Crippen LogP contribution in [0.5, 0.6) is 0 Å². The van der Waals surface area contributed by atoms with Crippen LogP contribution < -0.4 is 0 Å². The van der Waals surface area contributed by atoms with Crippen LogP contribution in [0.3, 0.4) is 0 Å². The Kier molecular flexibility index (Phi) is 4.82. The summed E-state index contributed by atoms with van der Waals surface area (Å²) in [7, 11) is 1.79. The minimum atomic E-state index is -0.274. The lowest BCUT2D eigenvalue weighted by molar-refractivity contribution is -0.130. The lowest BCUT2D eigenvalue weighted by Gasteiger charge is -2.23. The van der Waals surface area contributed by atoms with Gasteiger partial charge < -0.3 is 14.4 Å². The van der Waals surface area contributed by atoms with Crippen LogP contribution in [0.1, 0.15) is 30.7 Å². The topological polar surface area (TPSA) is 66.6 Å². The number of likely N-dealkylation sites (N-methyl/N-ethyl adjacent to an activating group) is 1. The van der Waals surface area contributed by atoms with E-state index in [0.29, 0.717) is 23.9 Å². The molecule has 1 amide bonds.